The lowest BCUT2D eigenvalue weighted by Crippen LogP contribution is -2.30. The highest BCUT2D eigenvalue weighted by atomic mass is 16.6. The standard InChI is InChI=1S/C63H108O6/c1-4-7-10-13-16-19-22-25-28-30-32-35-38-41-44-47-50-53-56-62(65)68-59-60(58-67-61(64)55-52-49-46-43-40-37-34-27-24-21-18-15-12-9-6-3)69-63(66)57-54-51-48-45-42-39-36-33-31-29-26-23-20-17-14-11-8-5-2/h9,12,15,18,21,24,27-28,30,32,34-35,37,40,60H,4-8,10-11,13-14,16-17,19-20,22-23,25-26,29,31,33,36,38-39,41-59H2,1-3H3/b12-9-,18-15-,24-21-,30-28-,34-27-,35-32-,40-37-. The van der Waals surface area contributed by atoms with E-state index >= 15 is 0 Å². The number of hydrogen-bond acceptors (Lipinski definition) is 6. The Morgan fingerprint density at radius 3 is 0.913 bits per heavy atom. The SMILES string of the molecule is CC\C=C/C=C\C=C/C=C\C=C/CCCCCC(=O)OCC(COC(=O)CCCCCCC/C=C\C=C/CCCCCCCCC)OC(=O)CCCCCCCCCCCCCCCCCCCC. The highest BCUT2D eigenvalue weighted by Gasteiger charge is 2.19. The van der Waals surface area contributed by atoms with Crippen LogP contribution >= 0.6 is 0 Å². The molecule has 0 amide bonds. The van der Waals surface area contributed by atoms with Gasteiger partial charge in [0.05, 0.1) is 0 Å². The molecular formula is C63H108O6. The van der Waals surface area contributed by atoms with Crippen LogP contribution < -0.4 is 0 Å². The van der Waals surface area contributed by atoms with Crippen molar-refractivity contribution < 1.29 is 28.6 Å². The second kappa shape index (κ2) is 57.2. The van der Waals surface area contributed by atoms with Crippen LogP contribution in [0.2, 0.25) is 0 Å². The Kier molecular flexibility index (Phi) is 54.3. The highest BCUT2D eigenvalue weighted by molar-refractivity contribution is 5.71. The zero-order valence-corrected chi connectivity index (χ0v) is 45.3. The van der Waals surface area contributed by atoms with Gasteiger partial charge in [0.15, 0.2) is 6.10 Å². The Hall–Kier alpha value is -3.41. The lowest BCUT2D eigenvalue weighted by molar-refractivity contribution is -0.167. The Morgan fingerprint density at radius 1 is 0.304 bits per heavy atom. The van der Waals surface area contributed by atoms with Crippen molar-refractivity contribution in [2.45, 2.75) is 284 Å². The first-order chi connectivity index (χ1) is 34.0. The van der Waals surface area contributed by atoms with Crippen molar-refractivity contribution in [2.75, 3.05) is 13.2 Å². The van der Waals surface area contributed by atoms with Crippen LogP contribution in [-0.2, 0) is 28.6 Å². The van der Waals surface area contributed by atoms with Crippen LogP contribution in [0.5, 0.6) is 0 Å². The van der Waals surface area contributed by atoms with Gasteiger partial charge in [0.2, 0.25) is 0 Å². The first kappa shape index (κ1) is 65.6. The molecule has 6 nitrogen and oxygen atoms in total. The average molecular weight is 962 g/mol. The summed E-state index contributed by atoms with van der Waals surface area (Å²) in [5, 5.41) is 0. The topological polar surface area (TPSA) is 78.9 Å². The fourth-order valence-corrected chi connectivity index (χ4v) is 8.16. The number of unbranched alkanes of at least 4 members (excludes halogenated alkanes) is 32. The van der Waals surface area contributed by atoms with Crippen LogP contribution in [0.15, 0.2) is 85.1 Å². The van der Waals surface area contributed by atoms with Gasteiger partial charge in [-0.1, -0.05) is 279 Å². The van der Waals surface area contributed by atoms with Gasteiger partial charge < -0.3 is 14.2 Å². The predicted octanol–water partition coefficient (Wildman–Crippen LogP) is 19.5. The van der Waals surface area contributed by atoms with Crippen molar-refractivity contribution in [3.05, 3.63) is 85.1 Å². The second-order valence-electron chi connectivity index (χ2n) is 19.3. The monoisotopic (exact) mass is 961 g/mol. The summed E-state index contributed by atoms with van der Waals surface area (Å²) < 4.78 is 16.8. The Bertz CT molecular complexity index is 1330. The van der Waals surface area contributed by atoms with Crippen molar-refractivity contribution in [3.8, 4) is 0 Å². The van der Waals surface area contributed by atoms with E-state index in [0.717, 1.165) is 89.9 Å². The number of allylic oxidation sites excluding steroid dienone is 14. The quantitative estimate of drug-likeness (QED) is 0.0262. The molecule has 0 N–H and O–H groups in total. The summed E-state index contributed by atoms with van der Waals surface area (Å²) in [6.07, 6.45) is 74.3. The zero-order chi connectivity index (χ0) is 50.0. The van der Waals surface area contributed by atoms with Crippen LogP contribution in [0.25, 0.3) is 0 Å². The molecule has 0 aromatic heterocycles. The minimum absolute atomic E-state index is 0.0968. The van der Waals surface area contributed by atoms with Crippen molar-refractivity contribution in [1.29, 1.82) is 0 Å². The van der Waals surface area contributed by atoms with Gasteiger partial charge in [-0.15, -0.1) is 0 Å². The molecule has 0 aliphatic carbocycles. The molecule has 0 rings (SSSR count). The molecule has 6 heteroatoms. The molecule has 0 aliphatic heterocycles. The molecule has 0 fully saturated rings. The van der Waals surface area contributed by atoms with Crippen molar-refractivity contribution in [3.63, 3.8) is 0 Å². The lowest BCUT2D eigenvalue weighted by atomic mass is 10.0. The number of carbonyl (C=O) groups excluding carboxylic acids is 3. The summed E-state index contributed by atoms with van der Waals surface area (Å²) in [5.41, 5.74) is 0. The number of rotatable bonds is 52. The van der Waals surface area contributed by atoms with Crippen LogP contribution in [0.3, 0.4) is 0 Å². The molecule has 1 atom stereocenters. The number of hydrogen-bond donors (Lipinski definition) is 0. The number of carbonyl (C=O) groups is 3. The molecule has 0 heterocycles. The average Bonchev–Trinajstić information content (AvgIpc) is 3.35. The fourth-order valence-electron chi connectivity index (χ4n) is 8.16. The van der Waals surface area contributed by atoms with E-state index < -0.39 is 6.10 Å². The van der Waals surface area contributed by atoms with Crippen LogP contribution in [0.4, 0.5) is 0 Å². The molecule has 396 valence electrons. The fraction of sp³-hybridized carbons (Fsp3) is 0.730. The highest BCUT2D eigenvalue weighted by Crippen LogP contribution is 2.16. The van der Waals surface area contributed by atoms with E-state index in [9.17, 15) is 14.4 Å². The molecule has 0 saturated heterocycles. The normalized spacial score (nSPS) is 12.7. The summed E-state index contributed by atoms with van der Waals surface area (Å²) in [6.45, 7) is 6.47. The molecule has 69 heavy (non-hydrogen) atoms. The maximum absolute atomic E-state index is 12.9. The molecule has 0 spiro atoms. The first-order valence-electron chi connectivity index (χ1n) is 29.2. The van der Waals surface area contributed by atoms with Gasteiger partial charge in [-0.3, -0.25) is 14.4 Å². The first-order valence-corrected chi connectivity index (χ1v) is 29.2. The summed E-state index contributed by atoms with van der Waals surface area (Å²) in [6, 6.07) is 0. The molecular weight excluding hydrogens is 853 g/mol. The summed E-state index contributed by atoms with van der Waals surface area (Å²) in [4.78, 5) is 38.2. The number of ether oxygens (including phenoxy) is 3. The third kappa shape index (κ3) is 55.4. The maximum atomic E-state index is 12.9. The Balaban J connectivity index is 4.45. The Morgan fingerprint density at radius 2 is 0.565 bits per heavy atom. The van der Waals surface area contributed by atoms with Gasteiger partial charge >= 0.3 is 17.9 Å². The zero-order valence-electron chi connectivity index (χ0n) is 45.3. The maximum Gasteiger partial charge on any atom is 0.306 e. The third-order valence-corrected chi connectivity index (χ3v) is 12.5. The minimum atomic E-state index is -0.800. The van der Waals surface area contributed by atoms with Gasteiger partial charge in [0, 0.05) is 19.3 Å². The van der Waals surface area contributed by atoms with Gasteiger partial charge in [0.25, 0.3) is 0 Å². The smallest absolute Gasteiger partial charge is 0.306 e. The minimum Gasteiger partial charge on any atom is -0.462 e. The van der Waals surface area contributed by atoms with E-state index in [1.54, 1.807) is 0 Å². The Labute approximate surface area is 426 Å². The van der Waals surface area contributed by atoms with E-state index in [1.165, 1.54) is 148 Å². The summed E-state index contributed by atoms with van der Waals surface area (Å²) >= 11 is 0. The van der Waals surface area contributed by atoms with Gasteiger partial charge in [-0.2, -0.15) is 0 Å². The van der Waals surface area contributed by atoms with E-state index in [-0.39, 0.29) is 31.1 Å². The van der Waals surface area contributed by atoms with E-state index in [2.05, 4.69) is 57.2 Å². The lowest BCUT2D eigenvalue weighted by Gasteiger charge is -2.18. The molecule has 1 unspecified atom stereocenters. The molecule has 0 aliphatic rings. The molecule has 0 radical (unpaired) electrons. The number of esters is 3. The van der Waals surface area contributed by atoms with E-state index in [0.29, 0.717) is 19.3 Å². The van der Waals surface area contributed by atoms with Crippen molar-refractivity contribution in [2.24, 2.45) is 0 Å². The molecule has 0 aromatic carbocycles. The largest absolute Gasteiger partial charge is 0.462 e. The van der Waals surface area contributed by atoms with E-state index in [1.807, 2.05) is 48.6 Å². The second-order valence-corrected chi connectivity index (χ2v) is 19.3. The van der Waals surface area contributed by atoms with Crippen molar-refractivity contribution >= 4 is 17.9 Å². The van der Waals surface area contributed by atoms with E-state index in [4.69, 9.17) is 14.2 Å². The van der Waals surface area contributed by atoms with Crippen LogP contribution in [-0.4, -0.2) is 37.2 Å². The summed E-state index contributed by atoms with van der Waals surface area (Å²) in [5.74, 6) is -0.944. The van der Waals surface area contributed by atoms with Gasteiger partial charge in [-0.25, -0.2) is 0 Å². The van der Waals surface area contributed by atoms with Gasteiger partial charge in [0.1, 0.15) is 13.2 Å². The van der Waals surface area contributed by atoms with Crippen LogP contribution in [0, 0.1) is 0 Å². The van der Waals surface area contributed by atoms with Crippen molar-refractivity contribution in [1.82, 2.24) is 0 Å². The molecule has 0 bridgehead atoms. The third-order valence-electron chi connectivity index (χ3n) is 12.5. The molecule has 0 saturated carbocycles. The van der Waals surface area contributed by atoms with Crippen LogP contribution in [0.1, 0.15) is 278 Å². The summed E-state index contributed by atoms with van der Waals surface area (Å²) in [7, 11) is 0. The predicted molar refractivity (Wildman–Crippen MR) is 297 cm³/mol. The van der Waals surface area contributed by atoms with Gasteiger partial charge in [-0.05, 0) is 64.2 Å². The molecule has 0 aromatic rings.